The second-order valence-electron chi connectivity index (χ2n) is 13.2. The van der Waals surface area contributed by atoms with Gasteiger partial charge in [-0.1, -0.05) is 76.8 Å². The van der Waals surface area contributed by atoms with Gasteiger partial charge in [0, 0.05) is 6.61 Å². The predicted octanol–water partition coefficient (Wildman–Crippen LogP) is 5.39. The van der Waals surface area contributed by atoms with Gasteiger partial charge in [-0.2, -0.15) is 0 Å². The summed E-state index contributed by atoms with van der Waals surface area (Å²) in [6, 6.07) is 6.83. The Labute approximate surface area is 336 Å². The largest absolute Gasteiger partial charge is 0.379 e. The van der Waals surface area contributed by atoms with E-state index in [9.17, 15) is 9.59 Å². The number of imide groups is 1. The summed E-state index contributed by atoms with van der Waals surface area (Å²) < 4.78 is 60.7. The summed E-state index contributed by atoms with van der Waals surface area (Å²) >= 11 is 0. The zero-order chi connectivity index (χ0) is 39.8. The Hall–Kier alpha value is -2.08. The molecule has 0 atom stereocenters. The minimum Gasteiger partial charge on any atom is -0.379 e. The first kappa shape index (κ1) is 50.1. The summed E-state index contributed by atoms with van der Waals surface area (Å²) in [5.74, 6) is -0.552. The molecule has 0 radical (unpaired) electrons. The van der Waals surface area contributed by atoms with Crippen LogP contribution >= 0.6 is 0 Å². The highest BCUT2D eigenvalue weighted by Crippen LogP contribution is 2.21. The van der Waals surface area contributed by atoms with Gasteiger partial charge >= 0.3 is 0 Å². The SMILES string of the molecule is CCCCCCCCCCCCOCCOCCOCCOCCOCCOCCOCCOCCOCCOCCOCCN1C(=O)c2ccccc2C1=O. The van der Waals surface area contributed by atoms with Crippen LogP contribution in [0.5, 0.6) is 0 Å². The molecule has 1 aliphatic heterocycles. The standard InChI is InChI=1S/C42H73NO13/c1-2-3-4-5-6-7-8-9-10-13-17-46-19-21-48-23-25-50-27-29-52-31-33-54-35-37-56-38-36-55-34-32-53-30-28-51-26-24-49-22-20-47-18-16-43-41(44)39-14-11-12-15-40(39)42(43)45/h11-12,14-15H,2-10,13,16-38H2,1H3. The van der Waals surface area contributed by atoms with Crippen molar-refractivity contribution in [2.45, 2.75) is 71.1 Å². The Bertz CT molecular complexity index is 1010. The number of benzene rings is 1. The van der Waals surface area contributed by atoms with E-state index in [1.807, 2.05) is 0 Å². The van der Waals surface area contributed by atoms with E-state index in [0.29, 0.717) is 143 Å². The molecule has 1 heterocycles. The third-order valence-electron chi connectivity index (χ3n) is 8.70. The lowest BCUT2D eigenvalue weighted by molar-refractivity contribution is -0.0276. The molecule has 0 saturated heterocycles. The third-order valence-corrected chi connectivity index (χ3v) is 8.70. The molecule has 2 amide bonds. The van der Waals surface area contributed by atoms with Crippen molar-refractivity contribution in [1.29, 1.82) is 0 Å². The van der Waals surface area contributed by atoms with Crippen LogP contribution in [-0.4, -0.2) is 169 Å². The van der Waals surface area contributed by atoms with Gasteiger partial charge in [0.1, 0.15) is 0 Å². The average Bonchev–Trinajstić information content (AvgIpc) is 3.45. The summed E-state index contributed by atoms with van der Waals surface area (Å²) in [6.07, 6.45) is 13.4. The summed E-state index contributed by atoms with van der Waals surface area (Å²) in [6.45, 7) is 13.5. The van der Waals surface area contributed by atoms with Crippen molar-refractivity contribution in [3.05, 3.63) is 35.4 Å². The van der Waals surface area contributed by atoms with E-state index in [-0.39, 0.29) is 25.0 Å². The summed E-state index contributed by atoms with van der Waals surface area (Å²) in [5.41, 5.74) is 0.887. The van der Waals surface area contributed by atoms with E-state index in [1.54, 1.807) is 24.3 Å². The zero-order valence-electron chi connectivity index (χ0n) is 34.4. The van der Waals surface area contributed by atoms with Crippen molar-refractivity contribution in [2.75, 3.05) is 152 Å². The number of unbranched alkanes of at least 4 members (excludes halogenated alkanes) is 9. The number of hydrogen-bond donors (Lipinski definition) is 0. The van der Waals surface area contributed by atoms with E-state index in [1.165, 1.54) is 62.7 Å². The molecule has 1 aromatic carbocycles. The number of rotatable bonds is 44. The van der Waals surface area contributed by atoms with Crippen LogP contribution < -0.4 is 0 Å². The Kier molecular flexibility index (Phi) is 34.4. The van der Waals surface area contributed by atoms with E-state index < -0.39 is 0 Å². The van der Waals surface area contributed by atoms with Gasteiger partial charge in [0.05, 0.1) is 156 Å². The molecule has 14 heteroatoms. The van der Waals surface area contributed by atoms with Crippen LogP contribution in [0.3, 0.4) is 0 Å². The molecule has 0 N–H and O–H groups in total. The number of carbonyl (C=O) groups is 2. The molecule has 0 unspecified atom stereocenters. The number of ether oxygens (including phenoxy) is 11. The third kappa shape index (κ3) is 27.5. The molecular formula is C42H73NO13. The van der Waals surface area contributed by atoms with E-state index >= 15 is 0 Å². The van der Waals surface area contributed by atoms with Gasteiger partial charge in [-0.15, -0.1) is 0 Å². The van der Waals surface area contributed by atoms with E-state index in [2.05, 4.69) is 6.92 Å². The normalized spacial score (nSPS) is 12.7. The van der Waals surface area contributed by atoms with Crippen LogP contribution in [0, 0.1) is 0 Å². The first-order chi connectivity index (χ1) is 27.8. The number of amides is 2. The van der Waals surface area contributed by atoms with Crippen molar-refractivity contribution in [3.63, 3.8) is 0 Å². The highest BCUT2D eigenvalue weighted by Gasteiger charge is 2.34. The van der Waals surface area contributed by atoms with Crippen molar-refractivity contribution in [3.8, 4) is 0 Å². The smallest absolute Gasteiger partial charge is 0.261 e. The molecule has 1 aliphatic rings. The van der Waals surface area contributed by atoms with Gasteiger partial charge in [0.2, 0.25) is 0 Å². The van der Waals surface area contributed by atoms with E-state index in [0.717, 1.165) is 13.0 Å². The fraction of sp³-hybridized carbons (Fsp3) is 0.810. The summed E-state index contributed by atoms with van der Waals surface area (Å²) in [4.78, 5) is 25.9. The maximum absolute atomic E-state index is 12.3. The van der Waals surface area contributed by atoms with Gasteiger partial charge < -0.3 is 52.1 Å². The summed E-state index contributed by atoms with van der Waals surface area (Å²) in [7, 11) is 0. The first-order valence-electron chi connectivity index (χ1n) is 21.1. The van der Waals surface area contributed by atoms with Gasteiger partial charge in [-0.25, -0.2) is 0 Å². The molecule has 0 spiro atoms. The molecule has 1 aromatic rings. The van der Waals surface area contributed by atoms with Crippen molar-refractivity contribution < 1.29 is 61.7 Å². The Morgan fingerprint density at radius 2 is 0.589 bits per heavy atom. The fourth-order valence-corrected chi connectivity index (χ4v) is 5.59. The molecule has 56 heavy (non-hydrogen) atoms. The van der Waals surface area contributed by atoms with Crippen LogP contribution in [0.4, 0.5) is 0 Å². The predicted molar refractivity (Wildman–Crippen MR) is 213 cm³/mol. The Morgan fingerprint density at radius 1 is 0.339 bits per heavy atom. The molecule has 0 bridgehead atoms. The average molecular weight is 800 g/mol. The molecule has 0 fully saturated rings. The van der Waals surface area contributed by atoms with Crippen molar-refractivity contribution >= 4 is 11.8 Å². The number of hydrogen-bond acceptors (Lipinski definition) is 13. The van der Waals surface area contributed by atoms with Gasteiger partial charge in [0.15, 0.2) is 0 Å². The molecule has 324 valence electrons. The minimum absolute atomic E-state index is 0.215. The lowest BCUT2D eigenvalue weighted by Crippen LogP contribution is -2.33. The molecule has 0 aliphatic carbocycles. The maximum Gasteiger partial charge on any atom is 0.261 e. The van der Waals surface area contributed by atoms with E-state index in [4.69, 9.17) is 52.1 Å². The van der Waals surface area contributed by atoms with Crippen LogP contribution in [0.2, 0.25) is 0 Å². The lowest BCUT2D eigenvalue weighted by atomic mass is 10.1. The summed E-state index contributed by atoms with van der Waals surface area (Å²) in [5, 5.41) is 0. The molecule has 14 nitrogen and oxygen atoms in total. The molecule has 0 aromatic heterocycles. The quantitative estimate of drug-likeness (QED) is 0.0617. The molecule has 2 rings (SSSR count). The number of nitrogens with zero attached hydrogens (tertiary/aromatic N) is 1. The molecule has 0 saturated carbocycles. The maximum atomic E-state index is 12.3. The second-order valence-corrected chi connectivity index (χ2v) is 13.2. The number of carbonyl (C=O) groups excluding carboxylic acids is 2. The Balaban J connectivity index is 1.14. The Morgan fingerprint density at radius 3 is 0.893 bits per heavy atom. The van der Waals surface area contributed by atoms with Crippen molar-refractivity contribution in [2.24, 2.45) is 0 Å². The molecular weight excluding hydrogens is 726 g/mol. The zero-order valence-corrected chi connectivity index (χ0v) is 34.4. The lowest BCUT2D eigenvalue weighted by Gasteiger charge is -2.13. The highest BCUT2D eigenvalue weighted by atomic mass is 16.6. The van der Waals surface area contributed by atoms with Crippen LogP contribution in [0.25, 0.3) is 0 Å². The van der Waals surface area contributed by atoms with Gasteiger partial charge in [-0.05, 0) is 18.6 Å². The van der Waals surface area contributed by atoms with Crippen LogP contribution in [0.15, 0.2) is 24.3 Å². The van der Waals surface area contributed by atoms with Crippen molar-refractivity contribution in [1.82, 2.24) is 4.90 Å². The van der Waals surface area contributed by atoms with Gasteiger partial charge in [0.25, 0.3) is 11.8 Å². The van der Waals surface area contributed by atoms with Crippen LogP contribution in [0.1, 0.15) is 91.8 Å². The highest BCUT2D eigenvalue weighted by molar-refractivity contribution is 6.21. The fourth-order valence-electron chi connectivity index (χ4n) is 5.59. The second kappa shape index (κ2) is 38.4. The first-order valence-corrected chi connectivity index (χ1v) is 21.1. The monoisotopic (exact) mass is 800 g/mol. The van der Waals surface area contributed by atoms with Crippen LogP contribution in [-0.2, 0) is 52.1 Å². The topological polar surface area (TPSA) is 139 Å². The minimum atomic E-state index is -0.276. The van der Waals surface area contributed by atoms with Gasteiger partial charge in [-0.3, -0.25) is 14.5 Å². The number of fused-ring (bicyclic) bond motifs is 1.